The van der Waals surface area contributed by atoms with E-state index >= 15 is 0 Å². The summed E-state index contributed by atoms with van der Waals surface area (Å²) in [5, 5.41) is 3.53. The molecular weight excluding hydrogens is 450 g/mol. The molecule has 0 bridgehead atoms. The fraction of sp³-hybridized carbons (Fsp3) is 0.0667. The third-order valence-corrected chi connectivity index (χ3v) is 5.76. The fourth-order valence-corrected chi connectivity index (χ4v) is 4.01. The maximum Gasteiger partial charge on any atom is 0.339 e. The van der Waals surface area contributed by atoms with Crippen molar-refractivity contribution in [3.63, 3.8) is 0 Å². The number of nitrogens with one attached hydrogen (secondary N) is 1. The Bertz CT molecular complexity index is 1520. The van der Waals surface area contributed by atoms with E-state index < -0.39 is 18.5 Å². The number of anilines is 1. The maximum atomic E-state index is 13.1. The first-order chi connectivity index (χ1) is 17.7. The van der Waals surface area contributed by atoms with Crippen LogP contribution in [0.3, 0.4) is 0 Å². The van der Waals surface area contributed by atoms with E-state index in [-0.39, 0.29) is 0 Å². The van der Waals surface area contributed by atoms with Crippen LogP contribution >= 0.6 is 0 Å². The SMILES string of the molecule is O=C(COC(=O)c1cc(-c2cccnc2)nc2ccccc12)Nc1ccccc1Cc1ccccc1. The second kappa shape index (κ2) is 10.6. The summed E-state index contributed by atoms with van der Waals surface area (Å²) in [7, 11) is 0. The fourth-order valence-electron chi connectivity index (χ4n) is 4.01. The molecular formula is C30H23N3O3. The second-order valence-electron chi connectivity index (χ2n) is 8.26. The highest BCUT2D eigenvalue weighted by molar-refractivity contribution is 6.05. The monoisotopic (exact) mass is 473 g/mol. The second-order valence-corrected chi connectivity index (χ2v) is 8.26. The smallest absolute Gasteiger partial charge is 0.339 e. The predicted octanol–water partition coefficient (Wildman–Crippen LogP) is 5.68. The van der Waals surface area contributed by atoms with Crippen molar-refractivity contribution < 1.29 is 14.3 Å². The van der Waals surface area contributed by atoms with E-state index in [9.17, 15) is 9.59 Å². The van der Waals surface area contributed by atoms with E-state index in [0.29, 0.717) is 34.3 Å². The van der Waals surface area contributed by atoms with Crippen LogP contribution in [-0.4, -0.2) is 28.5 Å². The Morgan fingerprint density at radius 3 is 2.44 bits per heavy atom. The third kappa shape index (κ3) is 5.28. The summed E-state index contributed by atoms with van der Waals surface area (Å²) in [6, 6.07) is 30.3. The van der Waals surface area contributed by atoms with Gasteiger partial charge in [-0.2, -0.15) is 0 Å². The number of rotatable bonds is 7. The van der Waals surface area contributed by atoms with Crippen LogP contribution in [0, 0.1) is 0 Å². The van der Waals surface area contributed by atoms with Gasteiger partial charge in [0.15, 0.2) is 6.61 Å². The molecule has 1 amide bonds. The molecule has 5 aromatic rings. The molecule has 1 N–H and O–H groups in total. The quantitative estimate of drug-likeness (QED) is 0.308. The lowest BCUT2D eigenvalue weighted by Crippen LogP contribution is -2.21. The molecule has 0 aliphatic rings. The van der Waals surface area contributed by atoms with Gasteiger partial charge in [0, 0.05) is 29.0 Å². The lowest BCUT2D eigenvalue weighted by molar-refractivity contribution is -0.119. The zero-order valence-electron chi connectivity index (χ0n) is 19.4. The van der Waals surface area contributed by atoms with Gasteiger partial charge < -0.3 is 10.1 Å². The van der Waals surface area contributed by atoms with Crippen LogP contribution in [0.5, 0.6) is 0 Å². The number of hydrogen-bond acceptors (Lipinski definition) is 5. The van der Waals surface area contributed by atoms with Crippen LogP contribution in [0.1, 0.15) is 21.5 Å². The Labute approximate surface area is 208 Å². The molecule has 0 saturated carbocycles. The molecule has 0 unspecified atom stereocenters. The zero-order valence-corrected chi connectivity index (χ0v) is 19.4. The minimum atomic E-state index is -0.591. The molecule has 0 spiro atoms. The summed E-state index contributed by atoms with van der Waals surface area (Å²) in [6.07, 6.45) is 4.04. The van der Waals surface area contributed by atoms with Gasteiger partial charge in [0.2, 0.25) is 0 Å². The van der Waals surface area contributed by atoms with Crippen LogP contribution in [0.25, 0.3) is 22.2 Å². The van der Waals surface area contributed by atoms with Crippen molar-refractivity contribution in [3.8, 4) is 11.3 Å². The maximum absolute atomic E-state index is 13.1. The van der Waals surface area contributed by atoms with Gasteiger partial charge in [0.05, 0.1) is 16.8 Å². The molecule has 6 heteroatoms. The van der Waals surface area contributed by atoms with E-state index in [4.69, 9.17) is 4.74 Å². The summed E-state index contributed by atoms with van der Waals surface area (Å²) in [6.45, 7) is -0.405. The highest BCUT2D eigenvalue weighted by Crippen LogP contribution is 2.25. The van der Waals surface area contributed by atoms with Crippen LogP contribution in [0.15, 0.2) is 109 Å². The number of ether oxygens (including phenoxy) is 1. The van der Waals surface area contributed by atoms with Crippen molar-refractivity contribution in [2.45, 2.75) is 6.42 Å². The molecule has 176 valence electrons. The number of benzene rings is 3. The van der Waals surface area contributed by atoms with Gasteiger partial charge in [0.25, 0.3) is 5.91 Å². The first-order valence-electron chi connectivity index (χ1n) is 11.6. The summed E-state index contributed by atoms with van der Waals surface area (Å²) in [4.78, 5) is 34.6. The van der Waals surface area contributed by atoms with Crippen LogP contribution < -0.4 is 5.32 Å². The molecule has 0 radical (unpaired) electrons. The molecule has 3 aromatic carbocycles. The van der Waals surface area contributed by atoms with Crippen molar-refractivity contribution in [2.24, 2.45) is 0 Å². The molecule has 0 atom stereocenters. The van der Waals surface area contributed by atoms with Gasteiger partial charge in [-0.3, -0.25) is 9.78 Å². The number of hydrogen-bond donors (Lipinski definition) is 1. The van der Waals surface area contributed by atoms with Gasteiger partial charge in [-0.1, -0.05) is 66.7 Å². The van der Waals surface area contributed by atoms with Gasteiger partial charge in [-0.15, -0.1) is 0 Å². The molecule has 6 nitrogen and oxygen atoms in total. The Balaban J connectivity index is 1.31. The van der Waals surface area contributed by atoms with Crippen LogP contribution in [0.4, 0.5) is 5.69 Å². The number of carbonyl (C=O) groups is 2. The minimum absolute atomic E-state index is 0.344. The lowest BCUT2D eigenvalue weighted by atomic mass is 10.0. The Morgan fingerprint density at radius 1 is 0.833 bits per heavy atom. The molecule has 0 aliphatic heterocycles. The van der Waals surface area contributed by atoms with Crippen molar-refractivity contribution >= 4 is 28.5 Å². The zero-order chi connectivity index (χ0) is 24.7. The molecule has 0 saturated heterocycles. The molecule has 2 heterocycles. The van der Waals surface area contributed by atoms with Crippen molar-refractivity contribution in [2.75, 3.05) is 11.9 Å². The highest BCUT2D eigenvalue weighted by Gasteiger charge is 2.17. The number of aromatic nitrogens is 2. The van der Waals surface area contributed by atoms with Crippen LogP contribution in [0.2, 0.25) is 0 Å². The van der Waals surface area contributed by atoms with Gasteiger partial charge in [0.1, 0.15) is 0 Å². The minimum Gasteiger partial charge on any atom is -0.452 e. The Kier molecular flexibility index (Phi) is 6.76. The van der Waals surface area contributed by atoms with E-state index in [1.54, 1.807) is 18.5 Å². The molecule has 2 aromatic heterocycles. The largest absolute Gasteiger partial charge is 0.452 e. The first-order valence-corrected chi connectivity index (χ1v) is 11.6. The highest BCUT2D eigenvalue weighted by atomic mass is 16.5. The predicted molar refractivity (Wildman–Crippen MR) is 140 cm³/mol. The standard InChI is InChI=1S/C30H23N3O3/c34-29(33-26-14-6-4-11-22(26)17-21-9-2-1-3-10-21)20-36-30(35)25-18-28(23-12-8-16-31-19-23)32-27-15-7-5-13-24(25)27/h1-16,18-19H,17,20H2,(H,33,34). The first kappa shape index (κ1) is 22.9. The topological polar surface area (TPSA) is 81.2 Å². The average Bonchev–Trinajstić information content (AvgIpc) is 2.93. The summed E-state index contributed by atoms with van der Waals surface area (Å²) >= 11 is 0. The average molecular weight is 474 g/mol. The van der Waals surface area contributed by atoms with E-state index in [2.05, 4.69) is 15.3 Å². The molecule has 36 heavy (non-hydrogen) atoms. The summed E-state index contributed by atoms with van der Waals surface area (Å²) in [5.74, 6) is -0.999. The van der Waals surface area contributed by atoms with Gasteiger partial charge in [-0.05, 0) is 47.9 Å². The van der Waals surface area contributed by atoms with Gasteiger partial charge in [-0.25, -0.2) is 9.78 Å². The molecule has 0 fully saturated rings. The number of para-hydroxylation sites is 2. The van der Waals surface area contributed by atoms with Crippen molar-refractivity contribution in [3.05, 3.63) is 126 Å². The normalized spacial score (nSPS) is 10.7. The van der Waals surface area contributed by atoms with E-state index in [0.717, 1.165) is 16.7 Å². The lowest BCUT2D eigenvalue weighted by Gasteiger charge is -2.12. The molecule has 0 aliphatic carbocycles. The third-order valence-electron chi connectivity index (χ3n) is 5.76. The van der Waals surface area contributed by atoms with E-state index in [1.165, 1.54) is 0 Å². The number of fused-ring (bicyclic) bond motifs is 1. The van der Waals surface area contributed by atoms with Crippen molar-refractivity contribution in [1.29, 1.82) is 0 Å². The number of esters is 1. The number of nitrogens with zero attached hydrogens (tertiary/aromatic N) is 2. The summed E-state index contributed by atoms with van der Waals surface area (Å²) < 4.78 is 5.42. The Morgan fingerprint density at radius 2 is 1.61 bits per heavy atom. The molecule has 5 rings (SSSR count). The Hall–Kier alpha value is -4.84. The van der Waals surface area contributed by atoms with E-state index in [1.807, 2.05) is 91.0 Å². The van der Waals surface area contributed by atoms with Gasteiger partial charge >= 0.3 is 5.97 Å². The number of pyridine rings is 2. The van der Waals surface area contributed by atoms with Crippen LogP contribution in [-0.2, 0) is 16.0 Å². The number of carbonyl (C=O) groups excluding carboxylic acids is 2. The summed E-state index contributed by atoms with van der Waals surface area (Å²) in [5.41, 5.74) is 5.19. The van der Waals surface area contributed by atoms with Crippen molar-refractivity contribution in [1.82, 2.24) is 9.97 Å². The number of amides is 1.